The summed E-state index contributed by atoms with van der Waals surface area (Å²) in [4.78, 5) is 4.56. The summed E-state index contributed by atoms with van der Waals surface area (Å²) in [6.45, 7) is 3.24. The van der Waals surface area contributed by atoms with Gasteiger partial charge in [0.25, 0.3) is 0 Å². The lowest BCUT2D eigenvalue weighted by Crippen LogP contribution is -2.35. The maximum Gasteiger partial charge on any atom is 0.238 e. The first-order valence-corrected chi connectivity index (χ1v) is 7.99. The fourth-order valence-corrected chi connectivity index (χ4v) is 3.07. The Morgan fingerprint density at radius 3 is 3.00 bits per heavy atom. The van der Waals surface area contributed by atoms with Gasteiger partial charge in [-0.2, -0.15) is 4.98 Å². The molecular weight excluding hydrogens is 266 g/mol. The van der Waals surface area contributed by atoms with E-state index >= 15 is 0 Å². The molecule has 5 heteroatoms. The number of rotatable bonds is 5. The van der Waals surface area contributed by atoms with Gasteiger partial charge in [0.05, 0.1) is 12.2 Å². The highest BCUT2D eigenvalue weighted by Gasteiger charge is 2.29. The minimum absolute atomic E-state index is 0.315. The molecule has 2 heterocycles. The molecule has 1 fully saturated rings. The average Bonchev–Trinajstić information content (AvgIpc) is 3.13. The van der Waals surface area contributed by atoms with Gasteiger partial charge in [0, 0.05) is 6.04 Å². The third kappa shape index (κ3) is 3.35. The molecule has 3 rings (SSSR count). The smallest absolute Gasteiger partial charge is 0.238 e. The van der Waals surface area contributed by atoms with Gasteiger partial charge in [0.15, 0.2) is 5.76 Å². The first-order chi connectivity index (χ1) is 10.4. The lowest BCUT2D eigenvalue weighted by molar-refractivity contribution is 0.304. The predicted molar refractivity (Wildman–Crippen MR) is 79.9 cm³/mol. The second-order valence-electron chi connectivity index (χ2n) is 5.74. The molecule has 1 aliphatic rings. The fourth-order valence-electron chi connectivity index (χ4n) is 3.07. The fraction of sp³-hybridized carbons (Fsp3) is 0.625. The molecule has 2 unspecified atom stereocenters. The van der Waals surface area contributed by atoms with E-state index in [1.807, 2.05) is 12.1 Å². The Bertz CT molecular complexity index is 535. The Morgan fingerprint density at radius 2 is 2.19 bits per heavy atom. The maximum absolute atomic E-state index is 5.53. The predicted octanol–water partition coefficient (Wildman–Crippen LogP) is 3.75. The van der Waals surface area contributed by atoms with Crippen molar-refractivity contribution in [2.24, 2.45) is 0 Å². The summed E-state index contributed by atoms with van der Waals surface area (Å²) in [5, 5.41) is 7.72. The van der Waals surface area contributed by atoms with Gasteiger partial charge >= 0.3 is 0 Å². The molecule has 2 aromatic rings. The zero-order chi connectivity index (χ0) is 14.5. The normalized spacial score (nSPS) is 23.1. The van der Waals surface area contributed by atoms with Gasteiger partial charge in [0.2, 0.25) is 11.7 Å². The van der Waals surface area contributed by atoms with Crippen LogP contribution in [0.15, 0.2) is 27.3 Å². The first kappa shape index (κ1) is 14.3. The maximum atomic E-state index is 5.53. The molecule has 0 amide bonds. The number of nitrogens with zero attached hydrogens (tertiary/aromatic N) is 2. The molecule has 21 heavy (non-hydrogen) atoms. The molecular formula is C16H23N3O2. The summed E-state index contributed by atoms with van der Waals surface area (Å²) >= 11 is 0. The lowest BCUT2D eigenvalue weighted by Gasteiger charge is -2.23. The number of furan rings is 1. The minimum Gasteiger partial charge on any atom is -0.461 e. The molecule has 0 saturated heterocycles. The van der Waals surface area contributed by atoms with Gasteiger partial charge in [-0.05, 0) is 37.9 Å². The van der Waals surface area contributed by atoms with Crippen LogP contribution in [0.2, 0.25) is 0 Å². The third-order valence-electron chi connectivity index (χ3n) is 4.17. The van der Waals surface area contributed by atoms with Crippen molar-refractivity contribution < 1.29 is 8.94 Å². The number of hydrogen-bond donors (Lipinski definition) is 1. The molecule has 0 aliphatic heterocycles. The first-order valence-electron chi connectivity index (χ1n) is 7.99. The molecule has 0 spiro atoms. The van der Waals surface area contributed by atoms with Gasteiger partial charge < -0.3 is 14.3 Å². The summed E-state index contributed by atoms with van der Waals surface area (Å²) in [5.74, 6) is 2.28. The molecule has 1 N–H and O–H groups in total. The Balaban J connectivity index is 1.78. The van der Waals surface area contributed by atoms with Crippen molar-refractivity contribution in [3.63, 3.8) is 0 Å². The van der Waals surface area contributed by atoms with E-state index in [4.69, 9.17) is 8.94 Å². The number of hydrogen-bond acceptors (Lipinski definition) is 5. The highest BCUT2D eigenvalue weighted by Crippen LogP contribution is 2.32. The standard InChI is InChI=1S/C16H23N3O2/c1-2-10-17-13-8-5-3-4-7-12(13)16-18-15(19-21-16)14-9-6-11-20-14/h6,9,11-13,17H,2-5,7-8,10H2,1H3. The Hall–Kier alpha value is -1.62. The Labute approximate surface area is 125 Å². The van der Waals surface area contributed by atoms with Gasteiger partial charge in [0.1, 0.15) is 0 Å². The van der Waals surface area contributed by atoms with Crippen LogP contribution in [0.1, 0.15) is 57.3 Å². The van der Waals surface area contributed by atoms with Gasteiger partial charge in [-0.1, -0.05) is 31.3 Å². The van der Waals surface area contributed by atoms with Crippen molar-refractivity contribution in [1.29, 1.82) is 0 Å². The van der Waals surface area contributed by atoms with Gasteiger partial charge in [-0.15, -0.1) is 0 Å². The molecule has 1 aliphatic carbocycles. The van der Waals surface area contributed by atoms with Crippen molar-refractivity contribution in [2.45, 2.75) is 57.4 Å². The summed E-state index contributed by atoms with van der Waals surface area (Å²) in [5.41, 5.74) is 0. The van der Waals surface area contributed by atoms with E-state index < -0.39 is 0 Å². The average molecular weight is 289 g/mol. The Morgan fingerprint density at radius 1 is 1.29 bits per heavy atom. The van der Waals surface area contributed by atoms with Crippen LogP contribution in [0, 0.1) is 0 Å². The molecule has 1 saturated carbocycles. The summed E-state index contributed by atoms with van der Waals surface area (Å²) in [6, 6.07) is 4.13. The van der Waals surface area contributed by atoms with Crippen molar-refractivity contribution in [3.05, 3.63) is 24.3 Å². The third-order valence-corrected chi connectivity index (χ3v) is 4.17. The minimum atomic E-state index is 0.315. The topological polar surface area (TPSA) is 64.1 Å². The van der Waals surface area contributed by atoms with E-state index in [-0.39, 0.29) is 0 Å². The summed E-state index contributed by atoms with van der Waals surface area (Å²) in [6.07, 6.45) is 8.86. The SMILES string of the molecule is CCCNC1CCCCCC1c1nc(-c2ccco2)no1. The van der Waals surface area contributed by atoms with Crippen LogP contribution in [-0.2, 0) is 0 Å². The summed E-state index contributed by atoms with van der Waals surface area (Å²) in [7, 11) is 0. The molecule has 2 aromatic heterocycles. The van der Waals surface area contributed by atoms with Crippen molar-refractivity contribution in [2.75, 3.05) is 6.54 Å². The lowest BCUT2D eigenvalue weighted by atomic mass is 9.94. The number of aromatic nitrogens is 2. The second-order valence-corrected chi connectivity index (χ2v) is 5.74. The van der Waals surface area contributed by atoms with Crippen LogP contribution in [-0.4, -0.2) is 22.7 Å². The molecule has 0 radical (unpaired) electrons. The molecule has 0 aromatic carbocycles. The zero-order valence-electron chi connectivity index (χ0n) is 12.5. The van der Waals surface area contributed by atoms with E-state index in [0.29, 0.717) is 23.5 Å². The Kier molecular flexibility index (Phi) is 4.70. The quantitative estimate of drug-likeness (QED) is 0.849. The van der Waals surface area contributed by atoms with Crippen LogP contribution < -0.4 is 5.32 Å². The van der Waals surface area contributed by atoms with E-state index in [1.54, 1.807) is 6.26 Å². The van der Waals surface area contributed by atoms with E-state index in [1.165, 1.54) is 25.7 Å². The van der Waals surface area contributed by atoms with Crippen LogP contribution >= 0.6 is 0 Å². The molecule has 114 valence electrons. The van der Waals surface area contributed by atoms with Crippen LogP contribution in [0.5, 0.6) is 0 Å². The van der Waals surface area contributed by atoms with Crippen molar-refractivity contribution in [1.82, 2.24) is 15.5 Å². The van der Waals surface area contributed by atoms with E-state index in [0.717, 1.165) is 25.3 Å². The van der Waals surface area contributed by atoms with Gasteiger partial charge in [-0.25, -0.2) is 0 Å². The van der Waals surface area contributed by atoms with Crippen molar-refractivity contribution >= 4 is 0 Å². The molecule has 2 atom stereocenters. The van der Waals surface area contributed by atoms with E-state index in [9.17, 15) is 0 Å². The second kappa shape index (κ2) is 6.89. The number of nitrogens with one attached hydrogen (secondary N) is 1. The summed E-state index contributed by atoms with van der Waals surface area (Å²) < 4.78 is 10.9. The highest BCUT2D eigenvalue weighted by molar-refractivity contribution is 5.44. The molecule has 5 nitrogen and oxygen atoms in total. The van der Waals surface area contributed by atoms with Crippen LogP contribution in [0.25, 0.3) is 11.6 Å². The highest BCUT2D eigenvalue weighted by atomic mass is 16.5. The molecule has 0 bridgehead atoms. The zero-order valence-corrected chi connectivity index (χ0v) is 12.5. The van der Waals surface area contributed by atoms with E-state index in [2.05, 4.69) is 22.4 Å². The van der Waals surface area contributed by atoms with Crippen molar-refractivity contribution in [3.8, 4) is 11.6 Å². The van der Waals surface area contributed by atoms with Crippen LogP contribution in [0.4, 0.5) is 0 Å². The van der Waals surface area contributed by atoms with Gasteiger partial charge in [-0.3, -0.25) is 0 Å². The largest absolute Gasteiger partial charge is 0.461 e. The monoisotopic (exact) mass is 289 g/mol. The van der Waals surface area contributed by atoms with Crippen LogP contribution in [0.3, 0.4) is 0 Å².